The van der Waals surface area contributed by atoms with E-state index in [2.05, 4.69) is 20.7 Å². The molecule has 0 fully saturated rings. The van der Waals surface area contributed by atoms with Gasteiger partial charge in [-0.25, -0.2) is 0 Å². The standard InChI is InChI=1S/C13H11BrO4/c1-8-4-10-12(16)6-9(2-3-17-7-15)18-13(10)11(14)5-8/h4-7H,2-3H2,1H3. The van der Waals surface area contributed by atoms with Crippen LogP contribution in [0, 0.1) is 6.92 Å². The summed E-state index contributed by atoms with van der Waals surface area (Å²) in [4.78, 5) is 22.0. The second-order valence-corrected chi connectivity index (χ2v) is 4.77. The van der Waals surface area contributed by atoms with Gasteiger partial charge in [0.05, 0.1) is 16.5 Å². The second-order valence-electron chi connectivity index (χ2n) is 3.92. The lowest BCUT2D eigenvalue weighted by molar-refractivity contribution is -0.128. The maximum Gasteiger partial charge on any atom is 0.293 e. The lowest BCUT2D eigenvalue weighted by atomic mass is 10.1. The zero-order valence-corrected chi connectivity index (χ0v) is 11.3. The molecular weight excluding hydrogens is 300 g/mol. The number of hydrogen-bond acceptors (Lipinski definition) is 4. The average Bonchev–Trinajstić information content (AvgIpc) is 2.31. The van der Waals surface area contributed by atoms with Crippen molar-refractivity contribution in [1.29, 1.82) is 0 Å². The molecule has 0 aliphatic rings. The number of halogens is 1. The van der Waals surface area contributed by atoms with Crippen molar-refractivity contribution < 1.29 is 13.9 Å². The summed E-state index contributed by atoms with van der Waals surface area (Å²) in [6, 6.07) is 5.11. The maximum absolute atomic E-state index is 11.9. The molecule has 1 aromatic heterocycles. The van der Waals surface area contributed by atoms with E-state index >= 15 is 0 Å². The molecule has 0 atom stereocenters. The fraction of sp³-hybridized carbons (Fsp3) is 0.231. The summed E-state index contributed by atoms with van der Waals surface area (Å²) < 4.78 is 11.0. The van der Waals surface area contributed by atoms with E-state index in [0.29, 0.717) is 29.6 Å². The molecule has 5 heteroatoms. The first-order chi connectivity index (χ1) is 8.61. The van der Waals surface area contributed by atoms with Crippen LogP contribution in [-0.4, -0.2) is 13.1 Å². The number of hydrogen-bond donors (Lipinski definition) is 0. The summed E-state index contributed by atoms with van der Waals surface area (Å²) in [5.41, 5.74) is 1.41. The molecule has 4 nitrogen and oxygen atoms in total. The van der Waals surface area contributed by atoms with Crippen molar-refractivity contribution in [3.63, 3.8) is 0 Å². The van der Waals surface area contributed by atoms with Gasteiger partial charge in [-0.15, -0.1) is 0 Å². The van der Waals surface area contributed by atoms with Crippen LogP contribution in [0.3, 0.4) is 0 Å². The van der Waals surface area contributed by atoms with E-state index in [0.717, 1.165) is 10.0 Å². The Labute approximate surface area is 112 Å². The van der Waals surface area contributed by atoms with E-state index in [9.17, 15) is 9.59 Å². The molecule has 0 N–H and O–H groups in total. The number of ether oxygens (including phenoxy) is 1. The molecule has 2 aromatic rings. The highest BCUT2D eigenvalue weighted by atomic mass is 79.9. The zero-order chi connectivity index (χ0) is 13.1. The van der Waals surface area contributed by atoms with Gasteiger partial charge in [-0.2, -0.15) is 0 Å². The Morgan fingerprint density at radius 2 is 2.17 bits per heavy atom. The Kier molecular flexibility index (Phi) is 3.81. The van der Waals surface area contributed by atoms with E-state index in [1.54, 1.807) is 6.07 Å². The second kappa shape index (κ2) is 5.35. The molecule has 1 heterocycles. The molecule has 0 aliphatic heterocycles. The van der Waals surface area contributed by atoms with E-state index in [4.69, 9.17) is 4.42 Å². The molecular formula is C13H11BrO4. The number of rotatable bonds is 4. The van der Waals surface area contributed by atoms with E-state index in [-0.39, 0.29) is 12.0 Å². The Hall–Kier alpha value is -1.62. The van der Waals surface area contributed by atoms with Gasteiger partial charge in [-0.05, 0) is 40.5 Å². The first kappa shape index (κ1) is 12.8. The monoisotopic (exact) mass is 310 g/mol. The predicted molar refractivity (Wildman–Crippen MR) is 70.6 cm³/mol. The fourth-order valence-electron chi connectivity index (χ4n) is 1.73. The number of aryl methyl sites for hydroxylation is 1. The van der Waals surface area contributed by atoms with Gasteiger partial charge in [-0.3, -0.25) is 9.59 Å². The summed E-state index contributed by atoms with van der Waals surface area (Å²) in [5, 5.41) is 0.543. The van der Waals surface area contributed by atoms with Crippen LogP contribution in [0.25, 0.3) is 11.0 Å². The maximum atomic E-state index is 11.9. The number of benzene rings is 1. The first-order valence-corrected chi connectivity index (χ1v) is 6.19. The van der Waals surface area contributed by atoms with Crippen LogP contribution in [0.4, 0.5) is 0 Å². The Balaban J connectivity index is 2.48. The molecule has 0 aliphatic carbocycles. The van der Waals surface area contributed by atoms with Gasteiger partial charge in [0.2, 0.25) is 0 Å². The lowest BCUT2D eigenvalue weighted by Gasteiger charge is -2.05. The summed E-state index contributed by atoms with van der Waals surface area (Å²) in [5.74, 6) is 0.499. The molecule has 2 rings (SSSR count). The Bertz CT molecular complexity index is 645. The predicted octanol–water partition coefficient (Wildman–Crippen LogP) is 2.58. The topological polar surface area (TPSA) is 56.5 Å². The van der Waals surface area contributed by atoms with E-state index < -0.39 is 0 Å². The minimum Gasteiger partial charge on any atom is -0.467 e. The van der Waals surface area contributed by atoms with Gasteiger partial charge in [0.15, 0.2) is 11.0 Å². The van der Waals surface area contributed by atoms with Crippen molar-refractivity contribution in [1.82, 2.24) is 0 Å². The highest BCUT2D eigenvalue weighted by Crippen LogP contribution is 2.24. The summed E-state index contributed by atoms with van der Waals surface area (Å²) in [7, 11) is 0. The quantitative estimate of drug-likeness (QED) is 0.643. The van der Waals surface area contributed by atoms with Crippen molar-refractivity contribution >= 4 is 33.4 Å². The molecule has 1 aromatic carbocycles. The first-order valence-electron chi connectivity index (χ1n) is 5.40. The third-order valence-electron chi connectivity index (χ3n) is 2.51. The van der Waals surface area contributed by atoms with Gasteiger partial charge in [0.1, 0.15) is 5.76 Å². The summed E-state index contributed by atoms with van der Waals surface area (Å²) in [6.45, 7) is 2.48. The number of carbonyl (C=O) groups is 1. The average molecular weight is 311 g/mol. The van der Waals surface area contributed by atoms with Gasteiger partial charge >= 0.3 is 0 Å². The normalized spacial score (nSPS) is 10.6. The van der Waals surface area contributed by atoms with Gasteiger partial charge < -0.3 is 9.15 Å². The molecule has 0 spiro atoms. The third-order valence-corrected chi connectivity index (χ3v) is 3.10. The minimum atomic E-state index is -0.0956. The molecule has 0 bridgehead atoms. The van der Waals surface area contributed by atoms with Gasteiger partial charge in [0, 0.05) is 12.5 Å². The Morgan fingerprint density at radius 1 is 1.39 bits per heavy atom. The van der Waals surface area contributed by atoms with Crippen LogP contribution in [0.15, 0.2) is 31.9 Å². The SMILES string of the molecule is Cc1cc(Br)c2oc(CCOC=O)cc(=O)c2c1. The van der Waals surface area contributed by atoms with Crippen molar-refractivity contribution in [3.8, 4) is 0 Å². The summed E-state index contributed by atoms with van der Waals surface area (Å²) in [6.07, 6.45) is 0.379. The van der Waals surface area contributed by atoms with Crippen molar-refractivity contribution in [2.24, 2.45) is 0 Å². The smallest absolute Gasteiger partial charge is 0.293 e. The lowest BCUT2D eigenvalue weighted by Crippen LogP contribution is -2.05. The number of fused-ring (bicyclic) bond motifs is 1. The Morgan fingerprint density at radius 3 is 2.89 bits per heavy atom. The van der Waals surface area contributed by atoms with Crippen molar-refractivity contribution in [3.05, 3.63) is 44.2 Å². The third kappa shape index (κ3) is 2.61. The molecule has 0 saturated carbocycles. The van der Waals surface area contributed by atoms with Crippen LogP contribution >= 0.6 is 15.9 Å². The molecule has 0 amide bonds. The highest BCUT2D eigenvalue weighted by Gasteiger charge is 2.08. The molecule has 0 unspecified atom stereocenters. The highest BCUT2D eigenvalue weighted by molar-refractivity contribution is 9.10. The molecule has 94 valence electrons. The van der Waals surface area contributed by atoms with E-state index in [1.807, 2.05) is 13.0 Å². The van der Waals surface area contributed by atoms with Crippen LogP contribution in [-0.2, 0) is 16.0 Å². The number of carbonyl (C=O) groups excluding carboxylic acids is 1. The molecule has 0 saturated heterocycles. The van der Waals surface area contributed by atoms with Gasteiger partial charge in [0.25, 0.3) is 6.47 Å². The summed E-state index contributed by atoms with van der Waals surface area (Å²) >= 11 is 3.38. The minimum absolute atomic E-state index is 0.0956. The van der Waals surface area contributed by atoms with Gasteiger partial charge in [-0.1, -0.05) is 0 Å². The van der Waals surface area contributed by atoms with Crippen LogP contribution < -0.4 is 5.43 Å². The van der Waals surface area contributed by atoms with E-state index in [1.165, 1.54) is 6.07 Å². The largest absolute Gasteiger partial charge is 0.467 e. The van der Waals surface area contributed by atoms with Crippen LogP contribution in [0.1, 0.15) is 11.3 Å². The van der Waals surface area contributed by atoms with Crippen LogP contribution in [0.5, 0.6) is 0 Å². The molecule has 18 heavy (non-hydrogen) atoms. The van der Waals surface area contributed by atoms with Crippen molar-refractivity contribution in [2.75, 3.05) is 6.61 Å². The van der Waals surface area contributed by atoms with Crippen molar-refractivity contribution in [2.45, 2.75) is 13.3 Å². The zero-order valence-electron chi connectivity index (χ0n) is 9.73. The molecule has 0 radical (unpaired) electrons. The fourth-order valence-corrected chi connectivity index (χ4v) is 2.39. The van der Waals surface area contributed by atoms with Crippen LogP contribution in [0.2, 0.25) is 0 Å².